The fourth-order valence-corrected chi connectivity index (χ4v) is 1.39. The molecule has 0 aliphatic heterocycles. The quantitative estimate of drug-likeness (QED) is 0.850. The van der Waals surface area contributed by atoms with Crippen LogP contribution in [0.4, 0.5) is 0 Å². The highest BCUT2D eigenvalue weighted by atomic mass is 35.5. The van der Waals surface area contributed by atoms with Crippen molar-refractivity contribution in [3.8, 4) is 6.07 Å². The van der Waals surface area contributed by atoms with Crippen LogP contribution in [0.1, 0.15) is 25.5 Å². The van der Waals surface area contributed by atoms with Crippen LogP contribution in [0.3, 0.4) is 0 Å². The van der Waals surface area contributed by atoms with Gasteiger partial charge in [0.15, 0.2) is 0 Å². The minimum absolute atomic E-state index is 0.0414. The van der Waals surface area contributed by atoms with Crippen molar-refractivity contribution in [3.63, 3.8) is 0 Å². The highest BCUT2D eigenvalue weighted by Gasteiger charge is 2.06. The lowest BCUT2D eigenvalue weighted by Gasteiger charge is -2.14. The van der Waals surface area contributed by atoms with E-state index in [0.717, 1.165) is 5.02 Å². The van der Waals surface area contributed by atoms with E-state index in [-0.39, 0.29) is 12.0 Å². The van der Waals surface area contributed by atoms with Crippen LogP contribution in [0.2, 0.25) is 5.02 Å². The van der Waals surface area contributed by atoms with Gasteiger partial charge in [0.25, 0.3) is 0 Å². The van der Waals surface area contributed by atoms with Crippen LogP contribution in [0.5, 0.6) is 0 Å². The smallest absolute Gasteiger partial charge is 0.0666 e. The fraction of sp³-hybridized carbons (Fsp3) is 0.417. The molecule has 0 spiro atoms. The van der Waals surface area contributed by atoms with Crippen molar-refractivity contribution in [1.29, 1.82) is 5.26 Å². The van der Waals surface area contributed by atoms with E-state index in [1.807, 2.05) is 31.2 Å². The van der Waals surface area contributed by atoms with E-state index in [1.165, 1.54) is 5.56 Å². The van der Waals surface area contributed by atoms with Gasteiger partial charge in [-0.1, -0.05) is 23.7 Å². The molecule has 3 heteroatoms. The first-order chi connectivity index (χ1) is 7.13. The zero-order chi connectivity index (χ0) is 11.3. The number of hydrogen-bond acceptors (Lipinski definition) is 2. The van der Waals surface area contributed by atoms with E-state index in [2.05, 4.69) is 18.3 Å². The van der Waals surface area contributed by atoms with E-state index >= 15 is 0 Å². The normalized spacial score (nSPS) is 14.3. The largest absolute Gasteiger partial charge is 0.309 e. The molecule has 1 aromatic rings. The predicted molar refractivity (Wildman–Crippen MR) is 62.6 cm³/mol. The molecule has 2 nitrogen and oxygen atoms in total. The van der Waals surface area contributed by atoms with Crippen molar-refractivity contribution in [1.82, 2.24) is 5.32 Å². The van der Waals surface area contributed by atoms with Crippen LogP contribution >= 0.6 is 11.6 Å². The van der Waals surface area contributed by atoms with Crippen molar-refractivity contribution >= 4 is 11.6 Å². The Bertz CT molecular complexity index is 340. The Labute approximate surface area is 95.9 Å². The Kier molecular flexibility index (Phi) is 4.61. The van der Waals surface area contributed by atoms with Gasteiger partial charge in [-0.25, -0.2) is 0 Å². The van der Waals surface area contributed by atoms with Crippen LogP contribution in [-0.2, 0) is 0 Å². The third kappa shape index (κ3) is 3.91. The van der Waals surface area contributed by atoms with Gasteiger partial charge in [0.05, 0.1) is 12.0 Å². The van der Waals surface area contributed by atoms with Gasteiger partial charge in [-0.3, -0.25) is 0 Å². The minimum Gasteiger partial charge on any atom is -0.309 e. The monoisotopic (exact) mass is 222 g/mol. The molecule has 0 heterocycles. The summed E-state index contributed by atoms with van der Waals surface area (Å²) in [5, 5.41) is 12.7. The van der Waals surface area contributed by atoms with E-state index in [0.29, 0.717) is 6.54 Å². The average molecular weight is 223 g/mol. The number of nitriles is 1. The van der Waals surface area contributed by atoms with Gasteiger partial charge in [-0.2, -0.15) is 5.26 Å². The highest BCUT2D eigenvalue weighted by Crippen LogP contribution is 2.15. The number of halogens is 1. The number of benzene rings is 1. The molecule has 1 aromatic carbocycles. The minimum atomic E-state index is 0.0414. The molecule has 2 unspecified atom stereocenters. The predicted octanol–water partition coefficient (Wildman–Crippen LogP) is 3.15. The van der Waals surface area contributed by atoms with Crippen LogP contribution in [0.15, 0.2) is 24.3 Å². The van der Waals surface area contributed by atoms with Gasteiger partial charge in [-0.15, -0.1) is 0 Å². The standard InChI is InChI=1S/C12H15ClN2/c1-9(7-14)8-15-10(2)11-3-5-12(13)6-4-11/h3-6,9-10,15H,8H2,1-2H3. The molecule has 1 N–H and O–H groups in total. The molecule has 0 radical (unpaired) electrons. The lowest BCUT2D eigenvalue weighted by Crippen LogP contribution is -2.23. The summed E-state index contributed by atoms with van der Waals surface area (Å²) in [5.74, 6) is 0.0414. The van der Waals surface area contributed by atoms with E-state index in [4.69, 9.17) is 16.9 Å². The van der Waals surface area contributed by atoms with Gasteiger partial charge < -0.3 is 5.32 Å². The maximum Gasteiger partial charge on any atom is 0.0666 e. The van der Waals surface area contributed by atoms with Crippen LogP contribution in [-0.4, -0.2) is 6.54 Å². The molecule has 0 amide bonds. The van der Waals surface area contributed by atoms with Gasteiger partial charge >= 0.3 is 0 Å². The summed E-state index contributed by atoms with van der Waals surface area (Å²) in [4.78, 5) is 0. The first-order valence-electron chi connectivity index (χ1n) is 5.02. The summed E-state index contributed by atoms with van der Waals surface area (Å²) in [5.41, 5.74) is 1.18. The van der Waals surface area contributed by atoms with Crippen LogP contribution < -0.4 is 5.32 Å². The molecule has 0 fully saturated rings. The summed E-state index contributed by atoms with van der Waals surface area (Å²) in [6.07, 6.45) is 0. The van der Waals surface area contributed by atoms with Crippen molar-refractivity contribution < 1.29 is 0 Å². The Balaban J connectivity index is 2.51. The molecular formula is C12H15ClN2. The first kappa shape index (κ1) is 12.0. The van der Waals surface area contributed by atoms with Crippen molar-refractivity contribution in [3.05, 3.63) is 34.9 Å². The maximum absolute atomic E-state index is 8.65. The number of nitrogens with zero attached hydrogens (tertiary/aromatic N) is 1. The molecule has 0 aromatic heterocycles. The van der Waals surface area contributed by atoms with Crippen LogP contribution in [0, 0.1) is 17.2 Å². The second kappa shape index (κ2) is 5.75. The molecular weight excluding hydrogens is 208 g/mol. The molecule has 0 aliphatic rings. The van der Waals surface area contributed by atoms with E-state index in [9.17, 15) is 0 Å². The Hall–Kier alpha value is -1.04. The van der Waals surface area contributed by atoms with Crippen LogP contribution in [0.25, 0.3) is 0 Å². The number of hydrogen-bond donors (Lipinski definition) is 1. The summed E-state index contributed by atoms with van der Waals surface area (Å²) in [7, 11) is 0. The van der Waals surface area contributed by atoms with E-state index in [1.54, 1.807) is 0 Å². The molecule has 1 rings (SSSR count). The zero-order valence-corrected chi connectivity index (χ0v) is 9.75. The highest BCUT2D eigenvalue weighted by molar-refractivity contribution is 6.30. The molecule has 2 atom stereocenters. The molecule has 0 aliphatic carbocycles. The SMILES string of the molecule is CC(C#N)CNC(C)c1ccc(Cl)cc1. The topological polar surface area (TPSA) is 35.8 Å². The molecule has 0 bridgehead atoms. The summed E-state index contributed by atoms with van der Waals surface area (Å²) >= 11 is 5.80. The summed E-state index contributed by atoms with van der Waals surface area (Å²) in [6.45, 7) is 4.69. The van der Waals surface area contributed by atoms with Gasteiger partial charge in [-0.05, 0) is 31.5 Å². The third-order valence-corrected chi connectivity index (χ3v) is 2.57. The van der Waals surface area contributed by atoms with Crippen molar-refractivity contribution in [2.24, 2.45) is 5.92 Å². The second-order valence-corrected chi connectivity index (χ2v) is 4.15. The Morgan fingerprint density at radius 3 is 2.47 bits per heavy atom. The molecule has 0 saturated carbocycles. The molecule has 0 saturated heterocycles. The molecule has 80 valence electrons. The lowest BCUT2D eigenvalue weighted by molar-refractivity contribution is 0.528. The molecule has 15 heavy (non-hydrogen) atoms. The second-order valence-electron chi connectivity index (χ2n) is 3.71. The van der Waals surface area contributed by atoms with Crippen molar-refractivity contribution in [2.75, 3.05) is 6.54 Å². The van der Waals surface area contributed by atoms with Gasteiger partial charge in [0.1, 0.15) is 0 Å². The van der Waals surface area contributed by atoms with Crippen molar-refractivity contribution in [2.45, 2.75) is 19.9 Å². The average Bonchev–Trinajstić information content (AvgIpc) is 2.26. The Morgan fingerprint density at radius 1 is 1.33 bits per heavy atom. The summed E-state index contributed by atoms with van der Waals surface area (Å²) < 4.78 is 0. The lowest BCUT2D eigenvalue weighted by atomic mass is 10.1. The van der Waals surface area contributed by atoms with E-state index < -0.39 is 0 Å². The van der Waals surface area contributed by atoms with Gasteiger partial charge in [0, 0.05) is 17.6 Å². The first-order valence-corrected chi connectivity index (χ1v) is 5.39. The Morgan fingerprint density at radius 2 is 1.93 bits per heavy atom. The zero-order valence-electron chi connectivity index (χ0n) is 9.00. The number of nitrogens with one attached hydrogen (secondary N) is 1. The summed E-state index contributed by atoms with van der Waals surface area (Å²) in [6, 6.07) is 10.2. The van der Waals surface area contributed by atoms with Gasteiger partial charge in [0.2, 0.25) is 0 Å². The maximum atomic E-state index is 8.65. The fourth-order valence-electron chi connectivity index (χ4n) is 1.27. The third-order valence-electron chi connectivity index (χ3n) is 2.32. The number of rotatable bonds is 4.